The molecule has 3 rings (SSSR count). The number of hydrogen-bond donors (Lipinski definition) is 1. The van der Waals surface area contributed by atoms with Gasteiger partial charge in [0.15, 0.2) is 5.96 Å². The highest BCUT2D eigenvalue weighted by Gasteiger charge is 2.33. The Morgan fingerprint density at radius 1 is 1.32 bits per heavy atom. The highest BCUT2D eigenvalue weighted by molar-refractivity contribution is 14.0. The van der Waals surface area contributed by atoms with Gasteiger partial charge in [-0.25, -0.2) is 8.42 Å². The molecule has 1 unspecified atom stereocenters. The molecule has 0 saturated carbocycles. The number of morpholine rings is 1. The lowest BCUT2D eigenvalue weighted by Gasteiger charge is -2.36. The maximum atomic E-state index is 13.0. The summed E-state index contributed by atoms with van der Waals surface area (Å²) in [5.74, 6) is 0.579. The molecule has 1 aromatic rings. The highest BCUT2D eigenvalue weighted by Crippen LogP contribution is 2.32. The first-order valence-corrected chi connectivity index (χ1v) is 11.7. The molecular weight excluding hydrogens is 548 g/mol. The zero-order valence-corrected chi connectivity index (χ0v) is 20.6. The number of nitrogens with one attached hydrogen (secondary N) is 1. The van der Waals surface area contributed by atoms with E-state index in [-0.39, 0.29) is 30.0 Å². The molecule has 2 fully saturated rings. The molecule has 7 nitrogen and oxygen atoms in total. The average Bonchev–Trinajstić information content (AvgIpc) is 3.17. The second-order valence-corrected chi connectivity index (χ2v) is 9.46. The molecule has 176 valence electrons. The standard InChI is InChI=1S/C19H27F3N4O3S.HI/c1-23-18(24-12-16-7-4-8-26(16)30(2,27)28)25-9-10-29-17(13-25)14-5-3-6-15(11-14)19(20,21)22;/h3,5-6,11,16-17H,4,7-10,12-13H2,1-2H3,(H,23,24);1H/t16-,17?;/m1./s1. The van der Waals surface area contributed by atoms with Crippen molar-refractivity contribution in [3.05, 3.63) is 35.4 Å². The van der Waals surface area contributed by atoms with Crippen LogP contribution in [0.25, 0.3) is 0 Å². The summed E-state index contributed by atoms with van der Waals surface area (Å²) in [7, 11) is -1.64. The largest absolute Gasteiger partial charge is 0.416 e. The van der Waals surface area contributed by atoms with E-state index in [9.17, 15) is 21.6 Å². The Morgan fingerprint density at radius 3 is 2.71 bits per heavy atom. The molecule has 2 atom stereocenters. The summed E-state index contributed by atoms with van der Waals surface area (Å²) < 4.78 is 70.1. The van der Waals surface area contributed by atoms with E-state index in [4.69, 9.17) is 4.74 Å². The van der Waals surface area contributed by atoms with Crippen molar-refractivity contribution in [1.29, 1.82) is 0 Å². The summed E-state index contributed by atoms with van der Waals surface area (Å²) in [5, 5.41) is 3.23. The molecule has 0 bridgehead atoms. The predicted octanol–water partition coefficient (Wildman–Crippen LogP) is 2.70. The van der Waals surface area contributed by atoms with Crippen molar-refractivity contribution in [1.82, 2.24) is 14.5 Å². The Labute approximate surface area is 198 Å². The molecule has 1 aromatic carbocycles. The molecule has 12 heteroatoms. The van der Waals surface area contributed by atoms with Gasteiger partial charge in [-0.2, -0.15) is 17.5 Å². The Balaban J connectivity index is 0.00000341. The van der Waals surface area contributed by atoms with E-state index in [1.807, 2.05) is 4.90 Å². The summed E-state index contributed by atoms with van der Waals surface area (Å²) in [4.78, 5) is 6.20. The average molecular weight is 576 g/mol. The topological polar surface area (TPSA) is 74.2 Å². The molecule has 0 radical (unpaired) electrons. The van der Waals surface area contributed by atoms with E-state index >= 15 is 0 Å². The SMILES string of the molecule is CN=C(NC[C@H]1CCCN1S(C)(=O)=O)N1CCOC(c2cccc(C(F)(F)F)c2)C1.I. The van der Waals surface area contributed by atoms with Gasteiger partial charge in [-0.05, 0) is 30.5 Å². The van der Waals surface area contributed by atoms with Gasteiger partial charge >= 0.3 is 6.18 Å². The van der Waals surface area contributed by atoms with Gasteiger partial charge in [0.25, 0.3) is 0 Å². The fraction of sp³-hybridized carbons (Fsp3) is 0.632. The number of alkyl halides is 3. The summed E-state index contributed by atoms with van der Waals surface area (Å²) in [6, 6.07) is 5.03. The van der Waals surface area contributed by atoms with Crippen LogP contribution in [-0.2, 0) is 20.9 Å². The van der Waals surface area contributed by atoms with Gasteiger partial charge in [0.05, 0.1) is 25.0 Å². The number of aliphatic imine (C=N–C) groups is 1. The van der Waals surface area contributed by atoms with Crippen LogP contribution in [0.3, 0.4) is 0 Å². The Morgan fingerprint density at radius 2 is 2.06 bits per heavy atom. The minimum Gasteiger partial charge on any atom is -0.370 e. The smallest absolute Gasteiger partial charge is 0.370 e. The van der Waals surface area contributed by atoms with Crippen LogP contribution < -0.4 is 5.32 Å². The van der Waals surface area contributed by atoms with Gasteiger partial charge in [0.1, 0.15) is 6.10 Å². The molecule has 0 spiro atoms. The van der Waals surface area contributed by atoms with Gasteiger partial charge in [-0.1, -0.05) is 12.1 Å². The molecular formula is C19H28F3IN4O3S. The Bertz CT molecular complexity index is 882. The maximum absolute atomic E-state index is 13.0. The van der Waals surface area contributed by atoms with Crippen molar-refractivity contribution in [3.8, 4) is 0 Å². The quantitative estimate of drug-likeness (QED) is 0.339. The van der Waals surface area contributed by atoms with E-state index in [1.54, 1.807) is 13.1 Å². The fourth-order valence-electron chi connectivity index (χ4n) is 3.95. The van der Waals surface area contributed by atoms with E-state index < -0.39 is 27.9 Å². The van der Waals surface area contributed by atoms with Crippen molar-refractivity contribution >= 4 is 40.0 Å². The lowest BCUT2D eigenvalue weighted by molar-refractivity contribution is -0.137. The minimum absolute atomic E-state index is 0. The van der Waals surface area contributed by atoms with Gasteiger partial charge in [0, 0.05) is 32.7 Å². The van der Waals surface area contributed by atoms with Crippen LogP contribution in [-0.4, -0.2) is 75.7 Å². The molecule has 0 aliphatic carbocycles. The second-order valence-electron chi connectivity index (χ2n) is 7.53. The van der Waals surface area contributed by atoms with Crippen LogP contribution in [0.1, 0.15) is 30.1 Å². The minimum atomic E-state index is -4.41. The number of ether oxygens (including phenoxy) is 1. The number of halogens is 4. The molecule has 0 amide bonds. The number of guanidine groups is 1. The highest BCUT2D eigenvalue weighted by atomic mass is 127. The van der Waals surface area contributed by atoms with Gasteiger partial charge in [0.2, 0.25) is 10.0 Å². The lowest BCUT2D eigenvalue weighted by atomic mass is 10.0. The summed E-state index contributed by atoms with van der Waals surface area (Å²) in [6.07, 6.45) is -2.13. The normalized spacial score (nSPS) is 23.5. The number of nitrogens with zero attached hydrogens (tertiary/aromatic N) is 3. The zero-order chi connectivity index (χ0) is 21.9. The zero-order valence-electron chi connectivity index (χ0n) is 17.4. The fourth-order valence-corrected chi connectivity index (χ4v) is 5.13. The van der Waals surface area contributed by atoms with Crippen molar-refractivity contribution in [2.45, 2.75) is 31.2 Å². The molecule has 1 N–H and O–H groups in total. The Kier molecular flexibility index (Phi) is 8.99. The number of sulfonamides is 1. The Hall–Kier alpha value is -1.12. The lowest BCUT2D eigenvalue weighted by Crippen LogP contribution is -2.51. The van der Waals surface area contributed by atoms with E-state index in [1.165, 1.54) is 16.6 Å². The second kappa shape index (κ2) is 10.7. The van der Waals surface area contributed by atoms with Crippen molar-refractivity contribution in [2.24, 2.45) is 4.99 Å². The maximum Gasteiger partial charge on any atom is 0.416 e. The molecule has 31 heavy (non-hydrogen) atoms. The third-order valence-corrected chi connectivity index (χ3v) is 6.74. The van der Waals surface area contributed by atoms with Crippen molar-refractivity contribution < 1.29 is 26.3 Å². The first kappa shape index (κ1) is 26.1. The molecule has 2 aliphatic heterocycles. The number of hydrogen-bond acceptors (Lipinski definition) is 4. The summed E-state index contributed by atoms with van der Waals surface area (Å²) in [5.41, 5.74) is -0.241. The van der Waals surface area contributed by atoms with Crippen LogP contribution >= 0.6 is 24.0 Å². The molecule has 2 heterocycles. The summed E-state index contributed by atoms with van der Waals surface area (Å²) in [6.45, 7) is 2.17. The first-order valence-electron chi connectivity index (χ1n) is 9.81. The van der Waals surface area contributed by atoms with Crippen LogP contribution in [0, 0.1) is 0 Å². The van der Waals surface area contributed by atoms with Gasteiger partial charge in [-0.3, -0.25) is 4.99 Å². The molecule has 2 saturated heterocycles. The van der Waals surface area contributed by atoms with Gasteiger partial charge < -0.3 is 15.0 Å². The molecule has 2 aliphatic rings. The predicted molar refractivity (Wildman–Crippen MR) is 123 cm³/mol. The monoisotopic (exact) mass is 576 g/mol. The first-order chi connectivity index (χ1) is 14.1. The van der Waals surface area contributed by atoms with E-state index in [2.05, 4.69) is 10.3 Å². The number of rotatable bonds is 4. The third kappa shape index (κ3) is 6.68. The summed E-state index contributed by atoms with van der Waals surface area (Å²) >= 11 is 0. The number of benzene rings is 1. The van der Waals surface area contributed by atoms with Crippen molar-refractivity contribution in [3.63, 3.8) is 0 Å². The molecule has 0 aromatic heterocycles. The van der Waals surface area contributed by atoms with Crippen LogP contribution in [0.4, 0.5) is 13.2 Å². The van der Waals surface area contributed by atoms with Gasteiger partial charge in [-0.15, -0.1) is 24.0 Å². The van der Waals surface area contributed by atoms with Crippen LogP contribution in [0.5, 0.6) is 0 Å². The van der Waals surface area contributed by atoms with Crippen LogP contribution in [0.2, 0.25) is 0 Å². The van der Waals surface area contributed by atoms with Crippen molar-refractivity contribution in [2.75, 3.05) is 46.1 Å². The van der Waals surface area contributed by atoms with E-state index in [0.29, 0.717) is 44.3 Å². The van der Waals surface area contributed by atoms with Crippen LogP contribution in [0.15, 0.2) is 29.3 Å². The third-order valence-electron chi connectivity index (χ3n) is 5.41. The van der Waals surface area contributed by atoms with E-state index in [0.717, 1.165) is 25.0 Å².